The first kappa shape index (κ1) is 14.8. The van der Waals surface area contributed by atoms with E-state index in [9.17, 15) is 0 Å². The molecule has 0 aliphatic heterocycles. The van der Waals surface area contributed by atoms with E-state index in [-0.39, 0.29) is 4.99 Å². The highest BCUT2D eigenvalue weighted by atomic mass is 32.1. The molecule has 0 spiro atoms. The summed E-state index contributed by atoms with van der Waals surface area (Å²) in [5.74, 6) is 0.768. The number of ether oxygens (including phenoxy) is 1. The molecule has 0 bridgehead atoms. The number of rotatable bonds is 5. The minimum Gasteiger partial charge on any atom is -0.489 e. The van der Waals surface area contributed by atoms with E-state index >= 15 is 0 Å². The summed E-state index contributed by atoms with van der Waals surface area (Å²) in [7, 11) is 0. The summed E-state index contributed by atoms with van der Waals surface area (Å²) in [6, 6.07) is 19.3. The van der Waals surface area contributed by atoms with Crippen molar-refractivity contribution in [2.75, 3.05) is 0 Å². The Morgan fingerprint density at radius 3 is 2.38 bits per heavy atom. The normalized spacial score (nSPS) is 10.7. The van der Waals surface area contributed by atoms with Crippen LogP contribution in [0.15, 0.2) is 60.2 Å². The van der Waals surface area contributed by atoms with Gasteiger partial charge in [0.2, 0.25) is 0 Å². The maximum Gasteiger partial charge on any atom is 0.119 e. The number of nitriles is 1. The maximum atomic E-state index is 8.91. The average molecular weight is 294 g/mol. The Kier molecular flexibility index (Phi) is 5.08. The molecular formula is C17H14N2OS. The first-order chi connectivity index (χ1) is 10.2. The van der Waals surface area contributed by atoms with Gasteiger partial charge in [-0.05, 0) is 29.3 Å². The Hall–Kier alpha value is -2.64. The summed E-state index contributed by atoms with van der Waals surface area (Å²) >= 11 is 4.80. The maximum absolute atomic E-state index is 8.91. The molecule has 3 nitrogen and oxygen atoms in total. The molecule has 2 aromatic carbocycles. The Bertz CT molecular complexity index is 685. The van der Waals surface area contributed by atoms with Crippen LogP contribution in [0.5, 0.6) is 5.75 Å². The van der Waals surface area contributed by atoms with Crippen LogP contribution in [0.2, 0.25) is 0 Å². The van der Waals surface area contributed by atoms with Crippen LogP contribution >= 0.6 is 12.2 Å². The van der Waals surface area contributed by atoms with E-state index in [0.29, 0.717) is 12.2 Å². The van der Waals surface area contributed by atoms with Gasteiger partial charge in [-0.1, -0.05) is 54.7 Å². The molecule has 104 valence electrons. The molecule has 0 saturated carbocycles. The standard InChI is InChI=1S/C17H14N2OS/c18-11-15(17(19)21)10-13-6-8-16(9-7-13)20-12-14-4-2-1-3-5-14/h1-10H,12H2,(H2,19,21)/b15-10+. The van der Waals surface area contributed by atoms with Crippen molar-refractivity contribution in [3.63, 3.8) is 0 Å². The number of nitrogens with two attached hydrogens (primary N) is 1. The zero-order chi connectivity index (χ0) is 15.1. The lowest BCUT2D eigenvalue weighted by Crippen LogP contribution is -2.09. The first-order valence-electron chi connectivity index (χ1n) is 6.37. The molecule has 2 N–H and O–H groups in total. The van der Waals surface area contributed by atoms with Gasteiger partial charge < -0.3 is 10.5 Å². The predicted octanol–water partition coefficient (Wildman–Crippen LogP) is 3.46. The summed E-state index contributed by atoms with van der Waals surface area (Å²) < 4.78 is 5.69. The van der Waals surface area contributed by atoms with Crippen molar-refractivity contribution in [2.24, 2.45) is 5.73 Å². The molecule has 4 heteroatoms. The fraction of sp³-hybridized carbons (Fsp3) is 0.0588. The lowest BCUT2D eigenvalue weighted by atomic mass is 10.1. The van der Waals surface area contributed by atoms with E-state index in [0.717, 1.165) is 16.9 Å². The second kappa shape index (κ2) is 7.22. The third kappa shape index (κ3) is 4.44. The largest absolute Gasteiger partial charge is 0.489 e. The van der Waals surface area contributed by atoms with Crippen molar-refractivity contribution >= 4 is 23.3 Å². The molecule has 0 saturated heterocycles. The topological polar surface area (TPSA) is 59.0 Å². The fourth-order valence-electron chi connectivity index (χ4n) is 1.73. The number of benzene rings is 2. The van der Waals surface area contributed by atoms with Crippen molar-refractivity contribution in [3.8, 4) is 11.8 Å². The fourth-order valence-corrected chi connectivity index (χ4v) is 1.83. The van der Waals surface area contributed by atoms with Crippen LogP contribution in [-0.2, 0) is 6.61 Å². The van der Waals surface area contributed by atoms with E-state index in [1.807, 2.05) is 60.7 Å². The molecule has 0 aliphatic carbocycles. The van der Waals surface area contributed by atoms with Crippen molar-refractivity contribution < 1.29 is 4.74 Å². The van der Waals surface area contributed by atoms with Crippen molar-refractivity contribution in [1.82, 2.24) is 0 Å². The van der Waals surface area contributed by atoms with Gasteiger partial charge in [-0.3, -0.25) is 0 Å². The second-order valence-electron chi connectivity index (χ2n) is 4.38. The Balaban J connectivity index is 2.03. The van der Waals surface area contributed by atoms with Gasteiger partial charge in [-0.25, -0.2) is 0 Å². The van der Waals surface area contributed by atoms with Gasteiger partial charge in [0, 0.05) is 0 Å². The van der Waals surface area contributed by atoms with Crippen molar-refractivity contribution in [2.45, 2.75) is 6.61 Å². The third-order valence-electron chi connectivity index (χ3n) is 2.83. The van der Waals surface area contributed by atoms with Gasteiger partial charge in [0.1, 0.15) is 23.4 Å². The third-order valence-corrected chi connectivity index (χ3v) is 3.05. The number of hydrogen-bond acceptors (Lipinski definition) is 3. The van der Waals surface area contributed by atoms with E-state index in [1.165, 1.54) is 0 Å². The van der Waals surface area contributed by atoms with E-state index in [1.54, 1.807) is 6.08 Å². The van der Waals surface area contributed by atoms with Crippen LogP contribution in [0.25, 0.3) is 6.08 Å². The van der Waals surface area contributed by atoms with Crippen LogP contribution in [-0.4, -0.2) is 4.99 Å². The lowest BCUT2D eigenvalue weighted by Gasteiger charge is -2.06. The zero-order valence-corrected chi connectivity index (χ0v) is 12.1. The first-order valence-corrected chi connectivity index (χ1v) is 6.78. The predicted molar refractivity (Wildman–Crippen MR) is 87.6 cm³/mol. The molecule has 0 heterocycles. The lowest BCUT2D eigenvalue weighted by molar-refractivity contribution is 0.306. The van der Waals surface area contributed by atoms with Crippen LogP contribution in [0.4, 0.5) is 0 Å². The van der Waals surface area contributed by atoms with Gasteiger partial charge in [0.25, 0.3) is 0 Å². The van der Waals surface area contributed by atoms with E-state index < -0.39 is 0 Å². The van der Waals surface area contributed by atoms with Crippen LogP contribution in [0, 0.1) is 11.3 Å². The van der Waals surface area contributed by atoms with E-state index in [4.69, 9.17) is 28.0 Å². The SMILES string of the molecule is N#C/C(=C\c1ccc(OCc2ccccc2)cc1)C(N)=S. The highest BCUT2D eigenvalue weighted by Gasteiger charge is 2.00. The van der Waals surface area contributed by atoms with Gasteiger partial charge in [0.15, 0.2) is 0 Å². The molecular weight excluding hydrogens is 280 g/mol. The molecule has 0 fully saturated rings. The highest BCUT2D eigenvalue weighted by molar-refractivity contribution is 7.80. The molecule has 0 atom stereocenters. The second-order valence-corrected chi connectivity index (χ2v) is 4.82. The highest BCUT2D eigenvalue weighted by Crippen LogP contribution is 2.16. The number of hydrogen-bond donors (Lipinski definition) is 1. The summed E-state index contributed by atoms with van der Waals surface area (Å²) in [5, 5.41) is 8.91. The smallest absolute Gasteiger partial charge is 0.119 e. The van der Waals surface area contributed by atoms with Crippen LogP contribution in [0.1, 0.15) is 11.1 Å². The average Bonchev–Trinajstić information content (AvgIpc) is 2.52. The Morgan fingerprint density at radius 1 is 1.14 bits per heavy atom. The molecule has 2 rings (SSSR count). The minimum atomic E-state index is 0.0990. The zero-order valence-electron chi connectivity index (χ0n) is 11.3. The molecule has 0 radical (unpaired) electrons. The van der Waals surface area contributed by atoms with Crippen molar-refractivity contribution in [3.05, 3.63) is 71.3 Å². The number of nitrogens with zero attached hydrogens (tertiary/aromatic N) is 1. The molecule has 0 unspecified atom stereocenters. The molecule has 2 aromatic rings. The number of thiocarbonyl (C=S) groups is 1. The van der Waals surface area contributed by atoms with E-state index in [2.05, 4.69) is 0 Å². The molecule has 21 heavy (non-hydrogen) atoms. The quantitative estimate of drug-likeness (QED) is 0.521. The summed E-state index contributed by atoms with van der Waals surface area (Å²) in [6.07, 6.45) is 1.66. The van der Waals surface area contributed by atoms with Gasteiger partial charge >= 0.3 is 0 Å². The van der Waals surface area contributed by atoms with Crippen LogP contribution < -0.4 is 10.5 Å². The summed E-state index contributed by atoms with van der Waals surface area (Å²) in [5.41, 5.74) is 7.71. The van der Waals surface area contributed by atoms with Gasteiger partial charge in [-0.15, -0.1) is 0 Å². The Morgan fingerprint density at radius 2 is 1.81 bits per heavy atom. The monoisotopic (exact) mass is 294 g/mol. The molecule has 0 aromatic heterocycles. The van der Waals surface area contributed by atoms with Crippen molar-refractivity contribution in [1.29, 1.82) is 5.26 Å². The molecule has 0 amide bonds. The summed E-state index contributed by atoms with van der Waals surface area (Å²) in [6.45, 7) is 0.520. The van der Waals surface area contributed by atoms with Crippen LogP contribution in [0.3, 0.4) is 0 Å². The minimum absolute atomic E-state index is 0.0990. The van der Waals surface area contributed by atoms with Gasteiger partial charge in [-0.2, -0.15) is 5.26 Å². The summed E-state index contributed by atoms with van der Waals surface area (Å²) in [4.78, 5) is 0.0990. The van der Waals surface area contributed by atoms with Gasteiger partial charge in [0.05, 0.1) is 5.57 Å². The Labute approximate surface area is 129 Å². The molecule has 0 aliphatic rings.